The van der Waals surface area contributed by atoms with Crippen molar-refractivity contribution in [2.75, 3.05) is 13.2 Å². The molecule has 0 aromatic heterocycles. The average Bonchev–Trinajstić information content (AvgIpc) is 2.53. The maximum atomic E-state index is 11.7. The topological polar surface area (TPSA) is 89.9 Å². The van der Waals surface area contributed by atoms with Crippen LogP contribution in [0, 0.1) is 0 Å². The highest BCUT2D eigenvalue weighted by Gasteiger charge is 2.17. The monoisotopic (exact) mass is 322 g/mol. The van der Waals surface area contributed by atoms with Gasteiger partial charge in [0.2, 0.25) is 0 Å². The van der Waals surface area contributed by atoms with E-state index in [4.69, 9.17) is 9.47 Å². The number of carbonyl (C=O) groups is 3. The summed E-state index contributed by atoms with van der Waals surface area (Å²) in [6, 6.07) is 8.34. The zero-order chi connectivity index (χ0) is 17.1. The first-order valence-corrected chi connectivity index (χ1v) is 7.60. The summed E-state index contributed by atoms with van der Waals surface area (Å²) in [6.07, 6.45) is -0.137. The van der Waals surface area contributed by atoms with Crippen LogP contribution in [0.25, 0.3) is 0 Å². The van der Waals surface area contributed by atoms with Gasteiger partial charge in [0.15, 0.2) is 0 Å². The van der Waals surface area contributed by atoms with E-state index >= 15 is 0 Å². The minimum absolute atomic E-state index is 0.259. The molecule has 0 saturated carbocycles. The number of benzene rings is 1. The van der Waals surface area contributed by atoms with Crippen molar-refractivity contribution < 1.29 is 29.0 Å². The minimum Gasteiger partial charge on any atom is -0.465 e. The minimum atomic E-state index is -1.14. The van der Waals surface area contributed by atoms with Crippen molar-refractivity contribution in [3.05, 3.63) is 35.9 Å². The highest BCUT2D eigenvalue weighted by Crippen LogP contribution is 2.04. The van der Waals surface area contributed by atoms with E-state index in [1.165, 1.54) is 0 Å². The normalized spacial score (nSPS) is 11.6. The van der Waals surface area contributed by atoms with Crippen molar-refractivity contribution in [3.63, 3.8) is 0 Å². The van der Waals surface area contributed by atoms with Crippen molar-refractivity contribution in [3.8, 4) is 0 Å². The van der Waals surface area contributed by atoms with Gasteiger partial charge in [0.1, 0.15) is 18.8 Å². The fraction of sp³-hybridized carbons (Fsp3) is 0.471. The Bertz CT molecular complexity index is 511. The number of esters is 2. The first-order chi connectivity index (χ1) is 11.0. The van der Waals surface area contributed by atoms with Crippen LogP contribution >= 0.6 is 0 Å². The third-order valence-electron chi connectivity index (χ3n) is 2.98. The Labute approximate surface area is 135 Å². The second kappa shape index (κ2) is 10.5. The van der Waals surface area contributed by atoms with Crippen LogP contribution < -0.4 is 0 Å². The van der Waals surface area contributed by atoms with Gasteiger partial charge in [-0.05, 0) is 18.6 Å². The SMILES string of the molecule is CCCCOC(=O)CC(=O)C[C@H](O)COC(=O)c1ccccc1. The molecule has 0 heterocycles. The molecule has 1 aromatic rings. The smallest absolute Gasteiger partial charge is 0.338 e. The van der Waals surface area contributed by atoms with Gasteiger partial charge < -0.3 is 14.6 Å². The van der Waals surface area contributed by atoms with E-state index in [-0.39, 0.29) is 19.4 Å². The lowest BCUT2D eigenvalue weighted by atomic mass is 10.1. The molecule has 126 valence electrons. The second-order valence-corrected chi connectivity index (χ2v) is 5.11. The van der Waals surface area contributed by atoms with Crippen LogP contribution in [0.15, 0.2) is 30.3 Å². The lowest BCUT2D eigenvalue weighted by Crippen LogP contribution is -2.23. The van der Waals surface area contributed by atoms with Crippen LogP contribution in [0.1, 0.15) is 43.0 Å². The fourth-order valence-electron chi connectivity index (χ4n) is 1.77. The summed E-state index contributed by atoms with van der Waals surface area (Å²) >= 11 is 0. The summed E-state index contributed by atoms with van der Waals surface area (Å²) in [7, 11) is 0. The molecule has 0 amide bonds. The molecule has 6 nitrogen and oxygen atoms in total. The second-order valence-electron chi connectivity index (χ2n) is 5.11. The number of unbranched alkanes of at least 4 members (excludes halogenated alkanes) is 1. The van der Waals surface area contributed by atoms with Crippen LogP contribution in [0.2, 0.25) is 0 Å². The number of carbonyl (C=O) groups excluding carboxylic acids is 3. The maximum Gasteiger partial charge on any atom is 0.338 e. The van der Waals surface area contributed by atoms with Crippen LogP contribution in [0.3, 0.4) is 0 Å². The van der Waals surface area contributed by atoms with E-state index in [0.29, 0.717) is 12.2 Å². The highest BCUT2D eigenvalue weighted by atomic mass is 16.5. The zero-order valence-electron chi connectivity index (χ0n) is 13.2. The van der Waals surface area contributed by atoms with E-state index in [0.717, 1.165) is 12.8 Å². The van der Waals surface area contributed by atoms with Crippen LogP contribution in [-0.4, -0.2) is 42.1 Å². The van der Waals surface area contributed by atoms with Gasteiger partial charge in [0, 0.05) is 6.42 Å². The van der Waals surface area contributed by atoms with Crippen molar-refractivity contribution in [1.82, 2.24) is 0 Å². The molecule has 0 aliphatic rings. The summed E-state index contributed by atoms with van der Waals surface area (Å²) in [6.45, 7) is 1.95. The molecule has 1 atom stereocenters. The van der Waals surface area contributed by atoms with Gasteiger partial charge in [-0.2, -0.15) is 0 Å². The van der Waals surface area contributed by atoms with Gasteiger partial charge in [-0.15, -0.1) is 0 Å². The number of ketones is 1. The number of hydrogen-bond acceptors (Lipinski definition) is 6. The number of rotatable bonds is 10. The molecule has 0 radical (unpaired) electrons. The van der Waals surface area contributed by atoms with Crippen LogP contribution in [0.4, 0.5) is 0 Å². The molecule has 1 rings (SSSR count). The van der Waals surface area contributed by atoms with Crippen molar-refractivity contribution in [2.45, 2.75) is 38.7 Å². The number of ether oxygens (including phenoxy) is 2. The molecule has 0 fully saturated rings. The van der Waals surface area contributed by atoms with E-state index in [9.17, 15) is 19.5 Å². The average molecular weight is 322 g/mol. The standard InChI is InChI=1S/C17H22O6/c1-2-3-9-22-16(20)11-14(18)10-15(19)12-23-17(21)13-7-5-4-6-8-13/h4-8,15,19H,2-3,9-12H2,1H3/t15-/m0/s1. The summed E-state index contributed by atoms with van der Waals surface area (Å²) in [4.78, 5) is 34.6. The summed E-state index contributed by atoms with van der Waals surface area (Å²) in [5.41, 5.74) is 0.366. The van der Waals surface area contributed by atoms with Crippen molar-refractivity contribution >= 4 is 17.7 Å². The van der Waals surface area contributed by atoms with Crippen LogP contribution in [0.5, 0.6) is 0 Å². The molecule has 1 aromatic carbocycles. The highest BCUT2D eigenvalue weighted by molar-refractivity contribution is 5.95. The Kier molecular flexibility index (Phi) is 8.60. The quantitative estimate of drug-likeness (QED) is 0.402. The zero-order valence-corrected chi connectivity index (χ0v) is 13.2. The molecular weight excluding hydrogens is 300 g/mol. The molecule has 0 spiro atoms. The fourth-order valence-corrected chi connectivity index (χ4v) is 1.77. The molecule has 1 N–H and O–H groups in total. The number of aliphatic hydroxyl groups excluding tert-OH is 1. The summed E-state index contributed by atoms with van der Waals surface area (Å²) < 4.78 is 9.78. The first kappa shape index (κ1) is 18.8. The molecule has 0 aliphatic carbocycles. The third kappa shape index (κ3) is 8.11. The van der Waals surface area contributed by atoms with Crippen molar-refractivity contribution in [2.24, 2.45) is 0 Å². The molecular formula is C17H22O6. The molecule has 0 bridgehead atoms. The van der Waals surface area contributed by atoms with Crippen molar-refractivity contribution in [1.29, 1.82) is 0 Å². The predicted octanol–water partition coefficient (Wildman–Crippen LogP) is 1.90. The van der Waals surface area contributed by atoms with Crippen LogP contribution in [-0.2, 0) is 19.1 Å². The van der Waals surface area contributed by atoms with E-state index in [1.54, 1.807) is 30.3 Å². The lowest BCUT2D eigenvalue weighted by Gasteiger charge is -2.10. The lowest BCUT2D eigenvalue weighted by molar-refractivity contribution is -0.146. The molecule has 0 aliphatic heterocycles. The predicted molar refractivity (Wildman–Crippen MR) is 82.8 cm³/mol. The first-order valence-electron chi connectivity index (χ1n) is 7.60. The van der Waals surface area contributed by atoms with Gasteiger partial charge in [-0.1, -0.05) is 31.5 Å². The Morgan fingerprint density at radius 2 is 1.83 bits per heavy atom. The van der Waals surface area contributed by atoms with Gasteiger partial charge in [-0.25, -0.2) is 4.79 Å². The number of aliphatic hydroxyl groups is 1. The molecule has 6 heteroatoms. The molecule has 0 unspecified atom stereocenters. The Morgan fingerprint density at radius 1 is 1.13 bits per heavy atom. The molecule has 23 heavy (non-hydrogen) atoms. The Morgan fingerprint density at radius 3 is 2.48 bits per heavy atom. The van der Waals surface area contributed by atoms with E-state index in [1.807, 2.05) is 6.92 Å². The van der Waals surface area contributed by atoms with E-state index in [2.05, 4.69) is 0 Å². The number of Topliss-reactive ketones (excluding diaryl/α,β-unsaturated/α-hetero) is 1. The Hall–Kier alpha value is -2.21. The van der Waals surface area contributed by atoms with Gasteiger partial charge >= 0.3 is 11.9 Å². The maximum absolute atomic E-state index is 11.7. The Balaban J connectivity index is 2.25. The third-order valence-corrected chi connectivity index (χ3v) is 2.98. The molecule has 0 saturated heterocycles. The van der Waals surface area contributed by atoms with Gasteiger partial charge in [0.25, 0.3) is 0 Å². The summed E-state index contributed by atoms with van der Waals surface area (Å²) in [5.74, 6) is -1.62. The summed E-state index contributed by atoms with van der Waals surface area (Å²) in [5, 5.41) is 9.69. The van der Waals surface area contributed by atoms with Gasteiger partial charge in [0.05, 0.1) is 18.3 Å². The van der Waals surface area contributed by atoms with E-state index < -0.39 is 23.8 Å². The van der Waals surface area contributed by atoms with Gasteiger partial charge in [-0.3, -0.25) is 9.59 Å². The largest absolute Gasteiger partial charge is 0.465 e. The number of hydrogen-bond donors (Lipinski definition) is 1.